The van der Waals surface area contributed by atoms with Gasteiger partial charge >= 0.3 is 6.18 Å². The molecule has 0 unspecified atom stereocenters. The van der Waals surface area contributed by atoms with Crippen molar-refractivity contribution in [2.75, 3.05) is 12.0 Å². The third-order valence-corrected chi connectivity index (χ3v) is 4.45. The minimum Gasteiger partial charge on any atom is -0.487 e. The lowest BCUT2D eigenvalue weighted by molar-refractivity contribution is -0.137. The zero-order valence-electron chi connectivity index (χ0n) is 12.6. The number of halogens is 5. The molecule has 4 nitrogen and oxygen atoms in total. The van der Waals surface area contributed by atoms with Crippen molar-refractivity contribution in [3.8, 4) is 5.75 Å². The van der Waals surface area contributed by atoms with E-state index in [4.69, 9.17) is 4.74 Å². The second kappa shape index (κ2) is 8.83. The summed E-state index contributed by atoms with van der Waals surface area (Å²) in [4.78, 5) is 3.68. The molecule has 0 saturated heterocycles. The molecule has 132 valence electrons. The number of rotatable bonds is 6. The molecule has 2 rings (SSSR count). The van der Waals surface area contributed by atoms with Crippen LogP contribution >= 0.6 is 45.2 Å². The van der Waals surface area contributed by atoms with Crippen molar-refractivity contribution in [2.24, 2.45) is 5.10 Å². The highest BCUT2D eigenvalue weighted by molar-refractivity contribution is 14.1. The fourth-order valence-electron chi connectivity index (χ4n) is 1.73. The fourth-order valence-corrected chi connectivity index (χ4v) is 3.86. The van der Waals surface area contributed by atoms with Crippen LogP contribution in [0.5, 0.6) is 5.75 Å². The number of ether oxygens (including phenoxy) is 1. The Labute approximate surface area is 169 Å². The van der Waals surface area contributed by atoms with Crippen LogP contribution in [0.2, 0.25) is 0 Å². The van der Waals surface area contributed by atoms with E-state index in [0.29, 0.717) is 6.61 Å². The van der Waals surface area contributed by atoms with E-state index in [-0.39, 0.29) is 5.82 Å². The lowest BCUT2D eigenvalue weighted by Gasteiger charge is -2.09. The second-order valence-electron chi connectivity index (χ2n) is 4.71. The van der Waals surface area contributed by atoms with E-state index in [9.17, 15) is 13.2 Å². The predicted molar refractivity (Wildman–Crippen MR) is 108 cm³/mol. The Morgan fingerprint density at radius 2 is 1.92 bits per heavy atom. The molecule has 0 aliphatic carbocycles. The molecule has 25 heavy (non-hydrogen) atoms. The number of pyridine rings is 1. The summed E-state index contributed by atoms with van der Waals surface area (Å²) in [5.74, 6) is 0.996. The van der Waals surface area contributed by atoms with E-state index < -0.39 is 11.7 Å². The molecule has 0 aliphatic rings. The lowest BCUT2D eigenvalue weighted by Crippen LogP contribution is -2.05. The minimum atomic E-state index is -4.41. The number of nitrogens with one attached hydrogen (secondary N) is 1. The van der Waals surface area contributed by atoms with Crippen LogP contribution in [0.4, 0.5) is 19.0 Å². The van der Waals surface area contributed by atoms with Crippen molar-refractivity contribution in [1.82, 2.24) is 4.98 Å². The molecule has 1 N–H and O–H groups in total. The van der Waals surface area contributed by atoms with Gasteiger partial charge in [-0.15, -0.1) is 0 Å². The molecule has 0 bridgehead atoms. The Morgan fingerprint density at radius 3 is 2.44 bits per heavy atom. The smallest absolute Gasteiger partial charge is 0.417 e. The summed E-state index contributed by atoms with van der Waals surface area (Å²) < 4.78 is 44.8. The molecular formula is C16H12F3I2N3O. The number of hydrazone groups is 1. The van der Waals surface area contributed by atoms with Crippen LogP contribution in [0, 0.1) is 7.14 Å². The zero-order chi connectivity index (χ0) is 18.4. The van der Waals surface area contributed by atoms with Gasteiger partial charge in [0.05, 0.1) is 18.9 Å². The van der Waals surface area contributed by atoms with Gasteiger partial charge in [-0.1, -0.05) is 12.7 Å². The number of nitrogens with zero attached hydrogens (tertiary/aromatic N) is 2. The van der Waals surface area contributed by atoms with Crippen LogP contribution in [-0.2, 0) is 6.18 Å². The van der Waals surface area contributed by atoms with Crippen molar-refractivity contribution in [1.29, 1.82) is 0 Å². The summed E-state index contributed by atoms with van der Waals surface area (Å²) in [6.45, 7) is 4.03. The molecule has 0 saturated carbocycles. The van der Waals surface area contributed by atoms with Gasteiger partial charge in [-0.05, 0) is 75.0 Å². The maximum atomic E-state index is 12.5. The summed E-state index contributed by atoms with van der Waals surface area (Å²) in [6.07, 6.45) is -0.420. The van der Waals surface area contributed by atoms with E-state index in [2.05, 4.69) is 67.3 Å². The average molecular weight is 573 g/mol. The fraction of sp³-hybridized carbons (Fsp3) is 0.125. The standard InChI is InChI=1S/C16H12F3I2N3O/c1-2-5-25-15-12(20)6-10(7-13(15)21)8-23-24-14-4-3-11(9-22-14)16(17,18)19/h2-4,6-9H,1,5H2,(H,22,24)/b23-8-. The van der Waals surface area contributed by atoms with Crippen molar-refractivity contribution < 1.29 is 17.9 Å². The molecule has 0 radical (unpaired) electrons. The number of hydrogen-bond donors (Lipinski definition) is 1. The molecule has 1 heterocycles. The van der Waals surface area contributed by atoms with Crippen molar-refractivity contribution in [3.63, 3.8) is 0 Å². The minimum absolute atomic E-state index is 0.222. The van der Waals surface area contributed by atoms with E-state index in [1.165, 1.54) is 6.07 Å². The second-order valence-corrected chi connectivity index (χ2v) is 7.04. The summed E-state index contributed by atoms with van der Waals surface area (Å²) in [5, 5.41) is 4.00. The topological polar surface area (TPSA) is 46.5 Å². The molecule has 1 aromatic heterocycles. The quantitative estimate of drug-likeness (QED) is 0.221. The van der Waals surface area contributed by atoms with Gasteiger partial charge in [0.1, 0.15) is 18.2 Å². The number of anilines is 1. The van der Waals surface area contributed by atoms with Crippen LogP contribution in [0.25, 0.3) is 0 Å². The summed E-state index contributed by atoms with van der Waals surface area (Å²) >= 11 is 4.32. The Balaban J connectivity index is 2.06. The zero-order valence-corrected chi connectivity index (χ0v) is 17.0. The maximum Gasteiger partial charge on any atom is 0.417 e. The highest BCUT2D eigenvalue weighted by Crippen LogP contribution is 2.29. The molecule has 0 fully saturated rings. The summed E-state index contributed by atoms with van der Waals surface area (Å²) in [7, 11) is 0. The van der Waals surface area contributed by atoms with Gasteiger partial charge in [-0.3, -0.25) is 5.43 Å². The van der Waals surface area contributed by atoms with Gasteiger partial charge in [0, 0.05) is 6.20 Å². The number of alkyl halides is 3. The molecule has 0 aliphatic heterocycles. The first-order valence-corrected chi connectivity index (χ1v) is 9.02. The SMILES string of the molecule is C=CCOc1c(I)cc(/C=N\Nc2ccc(C(F)(F)F)cn2)cc1I. The molecule has 0 atom stereocenters. The van der Waals surface area contributed by atoms with Gasteiger partial charge < -0.3 is 4.74 Å². The predicted octanol–water partition coefficient (Wildman–Crippen LogP) is 5.32. The number of aromatic nitrogens is 1. The molecule has 9 heteroatoms. The first-order chi connectivity index (χ1) is 11.8. The van der Waals surface area contributed by atoms with Crippen LogP contribution in [0.3, 0.4) is 0 Å². The van der Waals surface area contributed by atoms with Crippen LogP contribution in [0.1, 0.15) is 11.1 Å². The molecule has 0 amide bonds. The van der Waals surface area contributed by atoms with E-state index in [1.54, 1.807) is 12.3 Å². The first kappa shape index (κ1) is 19.9. The van der Waals surface area contributed by atoms with Gasteiger partial charge in [-0.25, -0.2) is 4.98 Å². The monoisotopic (exact) mass is 573 g/mol. The van der Waals surface area contributed by atoms with Gasteiger partial charge in [-0.2, -0.15) is 18.3 Å². The molecule has 0 spiro atoms. The van der Waals surface area contributed by atoms with Gasteiger partial charge in [0.25, 0.3) is 0 Å². The summed E-state index contributed by atoms with van der Waals surface area (Å²) in [6, 6.07) is 5.93. The molecule has 1 aromatic carbocycles. The normalized spacial score (nSPS) is 11.6. The van der Waals surface area contributed by atoms with Crippen LogP contribution < -0.4 is 10.2 Å². The van der Waals surface area contributed by atoms with Crippen LogP contribution in [0.15, 0.2) is 48.2 Å². The molecular weight excluding hydrogens is 561 g/mol. The summed E-state index contributed by atoms with van der Waals surface area (Å²) in [5.41, 5.74) is 2.62. The third-order valence-electron chi connectivity index (χ3n) is 2.85. The van der Waals surface area contributed by atoms with Crippen LogP contribution in [-0.4, -0.2) is 17.8 Å². The number of benzene rings is 1. The van der Waals surface area contributed by atoms with E-state index >= 15 is 0 Å². The van der Waals surface area contributed by atoms with Crippen molar-refractivity contribution in [2.45, 2.75) is 6.18 Å². The highest BCUT2D eigenvalue weighted by atomic mass is 127. The Morgan fingerprint density at radius 1 is 1.24 bits per heavy atom. The Kier molecular flexibility index (Phi) is 7.04. The maximum absolute atomic E-state index is 12.5. The average Bonchev–Trinajstić information content (AvgIpc) is 2.54. The van der Waals surface area contributed by atoms with Gasteiger partial charge in [0.2, 0.25) is 0 Å². The van der Waals surface area contributed by atoms with Gasteiger partial charge in [0.15, 0.2) is 0 Å². The first-order valence-electron chi connectivity index (χ1n) is 6.86. The van der Waals surface area contributed by atoms with E-state index in [0.717, 1.165) is 30.7 Å². The Hall–Kier alpha value is -1.37. The highest BCUT2D eigenvalue weighted by Gasteiger charge is 2.30. The lowest BCUT2D eigenvalue weighted by atomic mass is 10.2. The third kappa shape index (κ3) is 5.83. The van der Waals surface area contributed by atoms with E-state index in [1.807, 2.05) is 12.1 Å². The van der Waals surface area contributed by atoms with Crippen molar-refractivity contribution in [3.05, 3.63) is 61.4 Å². The van der Waals surface area contributed by atoms with Crippen molar-refractivity contribution >= 4 is 57.2 Å². The molecule has 2 aromatic rings. The Bertz CT molecular complexity index is 754. The largest absolute Gasteiger partial charge is 0.487 e. The number of hydrogen-bond acceptors (Lipinski definition) is 4.